The highest BCUT2D eigenvalue weighted by Crippen LogP contribution is 2.36. The number of rotatable bonds is 6. The van der Waals surface area contributed by atoms with Crippen molar-refractivity contribution < 1.29 is 17.9 Å². The van der Waals surface area contributed by atoms with Crippen LogP contribution in [-0.4, -0.2) is 58.8 Å². The topological polar surface area (TPSA) is 91.6 Å². The van der Waals surface area contributed by atoms with E-state index in [1.165, 1.54) is 10.4 Å². The summed E-state index contributed by atoms with van der Waals surface area (Å²) in [6.07, 6.45) is 5.92. The van der Waals surface area contributed by atoms with Gasteiger partial charge in [0.25, 0.3) is 0 Å². The first-order chi connectivity index (χ1) is 16.9. The molecule has 0 saturated carbocycles. The van der Waals surface area contributed by atoms with E-state index in [4.69, 9.17) is 0 Å². The highest BCUT2D eigenvalue weighted by Gasteiger charge is 2.38. The minimum Gasteiger partial charge on any atom is -0.394 e. The first-order valence-corrected chi connectivity index (χ1v) is 13.5. The highest BCUT2D eigenvalue weighted by atomic mass is 32.2. The number of aromatic nitrogens is 3. The van der Waals surface area contributed by atoms with Crippen molar-refractivity contribution in [2.45, 2.75) is 43.0 Å². The summed E-state index contributed by atoms with van der Waals surface area (Å²) in [7, 11) is -3.58. The smallest absolute Gasteiger partial charge is 0.221 e. The van der Waals surface area contributed by atoms with E-state index < -0.39 is 26.6 Å². The molecular weight excluding hydrogens is 469 g/mol. The van der Waals surface area contributed by atoms with Crippen LogP contribution < -0.4 is 4.90 Å². The van der Waals surface area contributed by atoms with Gasteiger partial charge < -0.3 is 14.6 Å². The third-order valence-electron chi connectivity index (χ3n) is 7.47. The van der Waals surface area contributed by atoms with Gasteiger partial charge in [-0.2, -0.15) is 4.31 Å². The summed E-state index contributed by atoms with van der Waals surface area (Å²) < 4.78 is 45.0. The van der Waals surface area contributed by atoms with Crippen LogP contribution in [0.15, 0.2) is 61.2 Å². The lowest BCUT2D eigenvalue weighted by Crippen LogP contribution is -2.48. The van der Waals surface area contributed by atoms with E-state index in [0.29, 0.717) is 44.5 Å². The van der Waals surface area contributed by atoms with E-state index in [1.54, 1.807) is 18.7 Å². The number of piperidine rings is 1. The zero-order chi connectivity index (χ0) is 24.5. The lowest BCUT2D eigenvalue weighted by molar-refractivity contribution is 0.104. The van der Waals surface area contributed by atoms with Gasteiger partial charge in [0.1, 0.15) is 23.7 Å². The van der Waals surface area contributed by atoms with Gasteiger partial charge in [-0.05, 0) is 43.4 Å². The first-order valence-electron chi connectivity index (χ1n) is 12.0. The fraction of sp³-hybridized carbons (Fsp3) is 0.440. The van der Waals surface area contributed by atoms with Gasteiger partial charge in [-0.15, -0.1) is 10.2 Å². The molecule has 2 aliphatic heterocycles. The predicted octanol–water partition coefficient (Wildman–Crippen LogP) is 3.07. The Balaban J connectivity index is 1.28. The summed E-state index contributed by atoms with van der Waals surface area (Å²) in [5, 5.41) is 17.2. The van der Waals surface area contributed by atoms with Crippen molar-refractivity contribution in [2.24, 2.45) is 0 Å². The number of anilines is 1. The zero-order valence-corrected chi connectivity index (χ0v) is 20.3. The summed E-state index contributed by atoms with van der Waals surface area (Å²) in [5.41, 5.74) is 1.46. The van der Waals surface area contributed by atoms with Gasteiger partial charge in [-0.1, -0.05) is 36.4 Å². The van der Waals surface area contributed by atoms with Crippen LogP contribution in [0.3, 0.4) is 0 Å². The standard InChI is InChI=1S/C25H30FN5O3S/c26-23-15-22(29-13-10-25(17-32,11-14-29)30-18-27-28-19-30)9-8-21(23)16-31-12-4-7-24(35(31,33)34)20-5-2-1-3-6-20/h1-3,5-6,8-9,15,18-19,24,32H,4,7,10-14,16-17H2/t24-/m0/s1. The third-order valence-corrected chi connectivity index (χ3v) is 9.73. The molecule has 3 heterocycles. The maximum atomic E-state index is 15.2. The summed E-state index contributed by atoms with van der Waals surface area (Å²) in [6, 6.07) is 14.3. The largest absolute Gasteiger partial charge is 0.394 e. The molecule has 0 amide bonds. The summed E-state index contributed by atoms with van der Waals surface area (Å²) in [5.74, 6) is -0.405. The van der Waals surface area contributed by atoms with Crippen LogP contribution >= 0.6 is 0 Å². The average Bonchev–Trinajstić information content (AvgIpc) is 3.42. The quantitative estimate of drug-likeness (QED) is 0.561. The van der Waals surface area contributed by atoms with Crippen molar-refractivity contribution in [2.75, 3.05) is 31.1 Å². The van der Waals surface area contributed by atoms with E-state index in [2.05, 4.69) is 15.1 Å². The number of sulfonamides is 1. The van der Waals surface area contributed by atoms with Crippen LogP contribution in [0.25, 0.3) is 0 Å². The van der Waals surface area contributed by atoms with E-state index in [1.807, 2.05) is 41.0 Å². The van der Waals surface area contributed by atoms with Crippen LogP contribution in [0.4, 0.5) is 10.1 Å². The molecule has 0 spiro atoms. The zero-order valence-electron chi connectivity index (χ0n) is 19.5. The summed E-state index contributed by atoms with van der Waals surface area (Å²) >= 11 is 0. The molecule has 35 heavy (non-hydrogen) atoms. The molecule has 0 radical (unpaired) electrons. The van der Waals surface area contributed by atoms with Crippen molar-refractivity contribution in [3.8, 4) is 0 Å². The molecule has 8 nitrogen and oxygen atoms in total. The van der Waals surface area contributed by atoms with Gasteiger partial charge in [0.2, 0.25) is 10.0 Å². The molecule has 1 N–H and O–H groups in total. The van der Waals surface area contributed by atoms with Crippen molar-refractivity contribution in [3.63, 3.8) is 0 Å². The molecule has 0 bridgehead atoms. The Morgan fingerprint density at radius 1 is 1.03 bits per heavy atom. The fourth-order valence-corrected chi connectivity index (χ4v) is 7.29. The SMILES string of the molecule is O=S1(=O)[C@H](c2ccccc2)CCCN1Cc1ccc(N2CCC(CO)(n3cnnc3)CC2)cc1F. The van der Waals surface area contributed by atoms with E-state index in [0.717, 1.165) is 17.7 Å². The number of aliphatic hydroxyl groups is 1. The van der Waals surface area contributed by atoms with E-state index in [9.17, 15) is 13.5 Å². The molecule has 2 fully saturated rings. The van der Waals surface area contributed by atoms with Gasteiger partial charge in [0.15, 0.2) is 0 Å². The Labute approximate surface area is 205 Å². The molecule has 3 aromatic rings. The lowest BCUT2D eigenvalue weighted by Gasteiger charge is -2.42. The van der Waals surface area contributed by atoms with Crippen molar-refractivity contribution in [3.05, 3.63) is 78.1 Å². The molecule has 2 aliphatic rings. The molecular formula is C25H30FN5O3S. The van der Waals surface area contributed by atoms with Gasteiger partial charge >= 0.3 is 0 Å². The molecule has 5 rings (SSSR count). The second kappa shape index (κ2) is 9.67. The fourth-order valence-electron chi connectivity index (χ4n) is 5.26. The number of benzene rings is 2. The van der Waals surface area contributed by atoms with E-state index in [-0.39, 0.29) is 13.2 Å². The number of halogens is 1. The van der Waals surface area contributed by atoms with Gasteiger partial charge in [-0.3, -0.25) is 0 Å². The van der Waals surface area contributed by atoms with Gasteiger partial charge in [-0.25, -0.2) is 12.8 Å². The summed E-state index contributed by atoms with van der Waals surface area (Å²) in [4.78, 5) is 2.09. The minimum absolute atomic E-state index is 0.0134. The number of aliphatic hydroxyl groups excluding tert-OH is 1. The Kier molecular flexibility index (Phi) is 6.61. The average molecular weight is 500 g/mol. The Hall–Kier alpha value is -2.82. The molecule has 0 aliphatic carbocycles. The van der Waals surface area contributed by atoms with Crippen LogP contribution in [-0.2, 0) is 22.1 Å². The van der Waals surface area contributed by atoms with Crippen molar-refractivity contribution >= 4 is 15.7 Å². The van der Waals surface area contributed by atoms with Crippen LogP contribution in [0.1, 0.15) is 42.1 Å². The highest BCUT2D eigenvalue weighted by molar-refractivity contribution is 7.89. The predicted molar refractivity (Wildman–Crippen MR) is 131 cm³/mol. The van der Waals surface area contributed by atoms with Crippen molar-refractivity contribution in [1.82, 2.24) is 19.1 Å². The maximum absolute atomic E-state index is 15.2. The molecule has 186 valence electrons. The third kappa shape index (κ3) is 4.57. The van der Waals surface area contributed by atoms with Crippen molar-refractivity contribution in [1.29, 1.82) is 0 Å². The molecule has 1 atom stereocenters. The second-order valence-corrected chi connectivity index (χ2v) is 11.5. The number of hydrogen-bond donors (Lipinski definition) is 1. The maximum Gasteiger partial charge on any atom is 0.221 e. The van der Waals surface area contributed by atoms with Crippen LogP contribution in [0, 0.1) is 5.82 Å². The normalized spacial score (nSPS) is 22.2. The molecule has 2 saturated heterocycles. The monoisotopic (exact) mass is 499 g/mol. The summed E-state index contributed by atoms with van der Waals surface area (Å²) in [6.45, 7) is 1.71. The lowest BCUT2D eigenvalue weighted by atomic mass is 9.87. The van der Waals surface area contributed by atoms with Crippen LogP contribution in [0.5, 0.6) is 0 Å². The van der Waals surface area contributed by atoms with E-state index >= 15 is 4.39 Å². The molecule has 0 unspecified atom stereocenters. The Morgan fingerprint density at radius 3 is 2.40 bits per heavy atom. The van der Waals surface area contributed by atoms with Gasteiger partial charge in [0.05, 0.1) is 12.1 Å². The van der Waals surface area contributed by atoms with Gasteiger partial charge in [0, 0.05) is 37.4 Å². The Bertz CT molecular complexity index is 1250. The second-order valence-electron chi connectivity index (χ2n) is 9.43. The minimum atomic E-state index is -3.58. The molecule has 1 aromatic heterocycles. The molecule has 2 aromatic carbocycles. The number of hydrogen-bond acceptors (Lipinski definition) is 6. The first kappa shape index (κ1) is 23.9. The Morgan fingerprint density at radius 2 is 1.74 bits per heavy atom. The number of nitrogens with zero attached hydrogens (tertiary/aromatic N) is 5. The molecule has 10 heteroatoms. The van der Waals surface area contributed by atoms with Crippen LogP contribution in [0.2, 0.25) is 0 Å².